The zero-order valence-electron chi connectivity index (χ0n) is 13.6. The van der Waals surface area contributed by atoms with Crippen molar-refractivity contribution in [2.45, 2.75) is 38.7 Å². The summed E-state index contributed by atoms with van der Waals surface area (Å²) in [6, 6.07) is 1.92. The van der Waals surface area contributed by atoms with E-state index in [1.54, 1.807) is 6.20 Å². The van der Waals surface area contributed by atoms with E-state index in [0.717, 1.165) is 44.3 Å². The van der Waals surface area contributed by atoms with E-state index in [-0.39, 0.29) is 23.8 Å². The lowest BCUT2D eigenvalue weighted by atomic mass is 9.86. The number of likely N-dealkylation sites (tertiary alicyclic amines) is 1. The lowest BCUT2D eigenvalue weighted by Gasteiger charge is -2.33. The van der Waals surface area contributed by atoms with Crippen molar-refractivity contribution in [3.05, 3.63) is 23.5 Å². The van der Waals surface area contributed by atoms with Gasteiger partial charge in [0, 0.05) is 25.9 Å². The lowest BCUT2D eigenvalue weighted by molar-refractivity contribution is -0.123. The predicted octanol–water partition coefficient (Wildman–Crippen LogP) is 1.46. The van der Waals surface area contributed by atoms with Gasteiger partial charge in [-0.15, -0.1) is 0 Å². The van der Waals surface area contributed by atoms with Gasteiger partial charge in [-0.05, 0) is 50.2 Å². The molecule has 126 valence electrons. The van der Waals surface area contributed by atoms with Gasteiger partial charge in [0.1, 0.15) is 5.69 Å². The first-order chi connectivity index (χ1) is 11.1. The predicted molar refractivity (Wildman–Crippen MR) is 85.8 cm³/mol. The van der Waals surface area contributed by atoms with E-state index < -0.39 is 0 Å². The lowest BCUT2D eigenvalue weighted by Crippen LogP contribution is -2.40. The number of carbonyl (C=O) groups is 2. The molecule has 0 spiro atoms. The minimum absolute atomic E-state index is 0.0367. The second-order valence-electron chi connectivity index (χ2n) is 6.71. The number of primary amides is 1. The minimum Gasteiger partial charge on any atom is -0.377 e. The molecule has 0 unspecified atom stereocenters. The molecule has 3 N–H and O–H groups in total. The van der Waals surface area contributed by atoms with Crippen LogP contribution in [0.15, 0.2) is 12.3 Å². The summed E-state index contributed by atoms with van der Waals surface area (Å²) in [5.41, 5.74) is 7.13. The molecule has 1 aromatic rings. The number of aryl methyl sites for hydroxylation is 1. The van der Waals surface area contributed by atoms with Gasteiger partial charge in [-0.3, -0.25) is 9.59 Å². The summed E-state index contributed by atoms with van der Waals surface area (Å²) in [5.74, 6) is 0.186. The van der Waals surface area contributed by atoms with Crippen LogP contribution in [0.4, 0.5) is 0 Å². The number of aromatic nitrogens is 1. The Labute approximate surface area is 136 Å². The zero-order chi connectivity index (χ0) is 16.4. The second kappa shape index (κ2) is 6.74. The maximum atomic E-state index is 12.5. The molecule has 2 aliphatic rings. The average molecular weight is 319 g/mol. The van der Waals surface area contributed by atoms with Crippen molar-refractivity contribution in [1.29, 1.82) is 0 Å². The molecule has 0 bridgehead atoms. The molecule has 6 nitrogen and oxygen atoms in total. The van der Waals surface area contributed by atoms with Crippen molar-refractivity contribution < 1.29 is 14.3 Å². The molecule has 2 saturated heterocycles. The van der Waals surface area contributed by atoms with Crippen molar-refractivity contribution in [2.75, 3.05) is 19.7 Å². The van der Waals surface area contributed by atoms with Crippen molar-refractivity contribution >= 4 is 11.8 Å². The first kappa shape index (κ1) is 16.1. The second-order valence-corrected chi connectivity index (χ2v) is 6.71. The van der Waals surface area contributed by atoms with Gasteiger partial charge < -0.3 is 20.4 Å². The molecule has 0 aromatic carbocycles. The van der Waals surface area contributed by atoms with Gasteiger partial charge in [-0.25, -0.2) is 0 Å². The number of H-pyrrole nitrogens is 1. The van der Waals surface area contributed by atoms with Crippen LogP contribution < -0.4 is 5.73 Å². The van der Waals surface area contributed by atoms with Gasteiger partial charge >= 0.3 is 0 Å². The maximum absolute atomic E-state index is 12.5. The molecule has 23 heavy (non-hydrogen) atoms. The zero-order valence-corrected chi connectivity index (χ0v) is 13.6. The van der Waals surface area contributed by atoms with E-state index in [0.29, 0.717) is 18.2 Å². The number of nitrogens with one attached hydrogen (secondary N) is 1. The molecule has 3 heterocycles. The molecule has 3 rings (SSSR count). The summed E-state index contributed by atoms with van der Waals surface area (Å²) in [6.45, 7) is 4.09. The quantitative estimate of drug-likeness (QED) is 0.880. The minimum atomic E-state index is -0.248. The first-order valence-electron chi connectivity index (χ1n) is 8.40. The van der Waals surface area contributed by atoms with Crippen LogP contribution in [0.5, 0.6) is 0 Å². The Morgan fingerprint density at radius 2 is 2.09 bits per heavy atom. The van der Waals surface area contributed by atoms with Crippen LogP contribution in [-0.2, 0) is 9.53 Å². The molecule has 2 atom stereocenters. The molecule has 2 aliphatic heterocycles. The maximum Gasteiger partial charge on any atom is 0.270 e. The highest BCUT2D eigenvalue weighted by Crippen LogP contribution is 2.31. The Morgan fingerprint density at radius 3 is 2.70 bits per heavy atom. The summed E-state index contributed by atoms with van der Waals surface area (Å²) in [5, 5.41) is 0. The highest BCUT2D eigenvalue weighted by Gasteiger charge is 2.35. The SMILES string of the molecule is Cc1cc[nH]c1C(=O)N1CCC(C[C@H]2OCC[C@H]2C(N)=O)CC1. The Kier molecular flexibility index (Phi) is 4.71. The summed E-state index contributed by atoms with van der Waals surface area (Å²) < 4.78 is 5.69. The third-order valence-electron chi connectivity index (χ3n) is 5.21. The molecule has 2 fully saturated rings. The van der Waals surface area contributed by atoms with E-state index in [9.17, 15) is 9.59 Å². The fourth-order valence-corrected chi connectivity index (χ4v) is 3.74. The monoisotopic (exact) mass is 319 g/mol. The number of nitrogens with zero attached hydrogens (tertiary/aromatic N) is 1. The van der Waals surface area contributed by atoms with Crippen LogP contribution in [0.3, 0.4) is 0 Å². The Morgan fingerprint density at radius 1 is 1.35 bits per heavy atom. The summed E-state index contributed by atoms with van der Waals surface area (Å²) in [7, 11) is 0. The van der Waals surface area contributed by atoms with Crippen LogP contribution >= 0.6 is 0 Å². The number of ether oxygens (including phenoxy) is 1. The molecular weight excluding hydrogens is 294 g/mol. The highest BCUT2D eigenvalue weighted by molar-refractivity contribution is 5.93. The van der Waals surface area contributed by atoms with Gasteiger partial charge in [-0.2, -0.15) is 0 Å². The van der Waals surface area contributed by atoms with Gasteiger partial charge in [0.2, 0.25) is 5.91 Å². The summed E-state index contributed by atoms with van der Waals surface area (Å²) in [6.07, 6.45) is 5.29. The molecule has 6 heteroatoms. The van der Waals surface area contributed by atoms with E-state index in [1.165, 1.54) is 0 Å². The largest absolute Gasteiger partial charge is 0.377 e. The smallest absolute Gasteiger partial charge is 0.270 e. The standard InChI is InChI=1S/C17H25N3O3/c1-11-2-6-19-15(11)17(22)20-7-3-12(4-8-20)10-14-13(16(18)21)5-9-23-14/h2,6,12-14,19H,3-5,7-10H2,1H3,(H2,18,21)/t13-,14-/m1/s1. The van der Waals surface area contributed by atoms with Crippen LogP contribution in [0.2, 0.25) is 0 Å². The molecule has 1 aromatic heterocycles. The number of piperidine rings is 1. The molecular formula is C17H25N3O3. The fourth-order valence-electron chi connectivity index (χ4n) is 3.74. The van der Waals surface area contributed by atoms with Gasteiger partial charge in [0.15, 0.2) is 0 Å². The molecule has 0 radical (unpaired) electrons. The Hall–Kier alpha value is -1.82. The van der Waals surface area contributed by atoms with E-state index >= 15 is 0 Å². The number of nitrogens with two attached hydrogens (primary N) is 1. The Balaban J connectivity index is 1.52. The van der Waals surface area contributed by atoms with Crippen molar-refractivity contribution in [2.24, 2.45) is 17.6 Å². The van der Waals surface area contributed by atoms with Crippen LogP contribution in [-0.4, -0.2) is 47.5 Å². The van der Waals surface area contributed by atoms with E-state index in [4.69, 9.17) is 10.5 Å². The topological polar surface area (TPSA) is 88.4 Å². The number of hydrogen-bond donors (Lipinski definition) is 2. The third kappa shape index (κ3) is 3.42. The average Bonchev–Trinajstić information content (AvgIpc) is 3.16. The van der Waals surface area contributed by atoms with Crippen LogP contribution in [0, 0.1) is 18.8 Å². The van der Waals surface area contributed by atoms with Crippen molar-refractivity contribution in [1.82, 2.24) is 9.88 Å². The first-order valence-corrected chi connectivity index (χ1v) is 8.40. The number of amides is 2. The van der Waals surface area contributed by atoms with Gasteiger partial charge in [-0.1, -0.05) is 0 Å². The number of aromatic amines is 1. The van der Waals surface area contributed by atoms with E-state index in [2.05, 4.69) is 4.98 Å². The number of hydrogen-bond acceptors (Lipinski definition) is 3. The summed E-state index contributed by atoms with van der Waals surface area (Å²) >= 11 is 0. The van der Waals surface area contributed by atoms with E-state index in [1.807, 2.05) is 17.9 Å². The highest BCUT2D eigenvalue weighted by atomic mass is 16.5. The van der Waals surface area contributed by atoms with Crippen LogP contribution in [0.1, 0.15) is 41.7 Å². The van der Waals surface area contributed by atoms with Crippen molar-refractivity contribution in [3.8, 4) is 0 Å². The van der Waals surface area contributed by atoms with Gasteiger partial charge in [0.25, 0.3) is 5.91 Å². The number of carbonyl (C=O) groups excluding carboxylic acids is 2. The molecule has 0 saturated carbocycles. The summed E-state index contributed by atoms with van der Waals surface area (Å²) in [4.78, 5) is 28.9. The van der Waals surface area contributed by atoms with Gasteiger partial charge in [0.05, 0.1) is 12.0 Å². The Bertz CT molecular complexity index is 575. The van der Waals surface area contributed by atoms with Crippen LogP contribution in [0.25, 0.3) is 0 Å². The fraction of sp³-hybridized carbons (Fsp3) is 0.647. The molecule has 0 aliphatic carbocycles. The normalized spacial score (nSPS) is 25.7. The number of rotatable bonds is 4. The van der Waals surface area contributed by atoms with Crippen molar-refractivity contribution in [3.63, 3.8) is 0 Å². The molecule has 2 amide bonds. The third-order valence-corrected chi connectivity index (χ3v) is 5.21.